The van der Waals surface area contributed by atoms with Crippen molar-refractivity contribution >= 4 is 0 Å². The molecule has 0 spiro atoms. The highest BCUT2D eigenvalue weighted by Crippen LogP contribution is 1.56. The van der Waals surface area contributed by atoms with E-state index < -0.39 is 0 Å². The third-order valence-electron chi connectivity index (χ3n) is 0.214. The summed E-state index contributed by atoms with van der Waals surface area (Å²) in [6, 6.07) is 0. The Kier molecular flexibility index (Phi) is 3.41. The van der Waals surface area contributed by atoms with Crippen LogP contribution < -0.4 is 11.3 Å². The van der Waals surface area contributed by atoms with E-state index in [-0.39, 0.29) is 0 Å². The lowest BCUT2D eigenvalue weighted by Gasteiger charge is -1.79. The molecule has 0 aromatic heterocycles. The molecular formula is C3H7N2. The minimum Gasteiger partial charge on any atom is -0.271 e. The Hall–Kier alpha value is -0.340. The molecule has 0 saturated heterocycles. The first-order valence-corrected chi connectivity index (χ1v) is 1.32. The van der Waals surface area contributed by atoms with Gasteiger partial charge in [-0.2, -0.15) is 0 Å². The van der Waals surface area contributed by atoms with Crippen LogP contribution in [0.5, 0.6) is 0 Å². The molecule has 0 bridgehead atoms. The Morgan fingerprint density at radius 3 is 2.40 bits per heavy atom. The lowest BCUT2D eigenvalue weighted by atomic mass is 10.9. The average molecular weight is 72.1 g/mol. The van der Waals surface area contributed by atoms with Gasteiger partial charge in [-0.25, -0.2) is 0 Å². The van der Waals surface area contributed by atoms with E-state index in [2.05, 4.69) is 12.0 Å². The molecule has 29 valence electrons. The molecule has 0 aliphatic rings. The van der Waals surface area contributed by atoms with Gasteiger partial charge in [0.15, 0.2) is 0 Å². The van der Waals surface area contributed by atoms with Gasteiger partial charge in [0.2, 0.25) is 0 Å². The van der Waals surface area contributed by atoms with Gasteiger partial charge in [-0.1, -0.05) is 6.08 Å². The van der Waals surface area contributed by atoms with Crippen molar-refractivity contribution in [3.8, 4) is 0 Å². The van der Waals surface area contributed by atoms with Crippen LogP contribution in [-0.4, -0.2) is 0 Å². The van der Waals surface area contributed by atoms with Crippen molar-refractivity contribution in [2.45, 2.75) is 0 Å². The third kappa shape index (κ3) is 3.66. The lowest BCUT2D eigenvalue weighted by molar-refractivity contribution is 0.912. The molecule has 0 atom stereocenters. The SMILES string of the molecule is C=C[13CH]NN. The second-order valence-corrected chi connectivity index (χ2v) is 0.569. The van der Waals surface area contributed by atoms with Crippen LogP contribution in [0.4, 0.5) is 0 Å². The number of hydrogen-bond acceptors (Lipinski definition) is 2. The Balaban J connectivity index is 2.40. The molecule has 5 heavy (non-hydrogen) atoms. The van der Waals surface area contributed by atoms with Crippen molar-refractivity contribution in [1.82, 2.24) is 5.43 Å². The van der Waals surface area contributed by atoms with Crippen LogP contribution in [0.25, 0.3) is 0 Å². The topological polar surface area (TPSA) is 38.0 Å². The zero-order valence-corrected chi connectivity index (χ0v) is 2.94. The first-order chi connectivity index (χ1) is 2.41. The predicted molar refractivity (Wildman–Crippen MR) is 21.8 cm³/mol. The second kappa shape index (κ2) is 3.66. The lowest BCUT2D eigenvalue weighted by Crippen LogP contribution is -2.16. The molecule has 0 fully saturated rings. The summed E-state index contributed by atoms with van der Waals surface area (Å²) in [6.45, 7) is 4.89. The molecule has 0 aliphatic heterocycles. The van der Waals surface area contributed by atoms with Crippen molar-refractivity contribution < 1.29 is 0 Å². The number of hydrazine groups is 1. The van der Waals surface area contributed by atoms with E-state index in [1.165, 1.54) is 0 Å². The molecule has 0 rings (SSSR count). The minimum atomic E-state index is 1.54. The number of rotatable bonds is 2. The first kappa shape index (κ1) is 4.66. The summed E-state index contributed by atoms with van der Waals surface area (Å²) in [5.74, 6) is 4.76. The normalized spacial score (nSPS) is 7.40. The van der Waals surface area contributed by atoms with Gasteiger partial charge in [0.25, 0.3) is 0 Å². The van der Waals surface area contributed by atoms with E-state index in [0.717, 1.165) is 0 Å². The molecular weight excluding hydrogens is 65.0 g/mol. The average Bonchev–Trinajstić information content (AvgIpc) is 1.41. The van der Waals surface area contributed by atoms with E-state index in [1.807, 2.05) is 0 Å². The van der Waals surface area contributed by atoms with Crippen molar-refractivity contribution in [2.75, 3.05) is 0 Å². The molecule has 0 saturated carbocycles. The summed E-state index contributed by atoms with van der Waals surface area (Å²) >= 11 is 0. The fraction of sp³-hybridized carbons (Fsp3) is 0. The first-order valence-electron chi connectivity index (χ1n) is 1.32. The van der Waals surface area contributed by atoms with E-state index >= 15 is 0 Å². The number of nitrogens with two attached hydrogens (primary N) is 1. The largest absolute Gasteiger partial charge is 0.271 e. The molecule has 0 aromatic carbocycles. The Morgan fingerprint density at radius 1 is 1.80 bits per heavy atom. The van der Waals surface area contributed by atoms with Crippen LogP contribution >= 0.6 is 0 Å². The van der Waals surface area contributed by atoms with Gasteiger partial charge in [-0.3, -0.25) is 11.3 Å². The maximum atomic E-state index is 4.76. The molecule has 0 unspecified atom stereocenters. The van der Waals surface area contributed by atoms with Crippen molar-refractivity contribution in [1.29, 1.82) is 0 Å². The molecule has 2 heteroatoms. The molecule has 1 radical (unpaired) electrons. The van der Waals surface area contributed by atoms with Crippen LogP contribution in [-0.2, 0) is 0 Å². The maximum absolute atomic E-state index is 4.76. The highest BCUT2D eigenvalue weighted by atomic mass is 15.3. The van der Waals surface area contributed by atoms with Gasteiger partial charge in [0.05, 0.1) is 6.54 Å². The van der Waals surface area contributed by atoms with Gasteiger partial charge in [-0.05, 0) is 0 Å². The Bertz CT molecular complexity index is 26.1. The van der Waals surface area contributed by atoms with Gasteiger partial charge in [0.1, 0.15) is 0 Å². The van der Waals surface area contributed by atoms with Gasteiger partial charge in [-0.15, -0.1) is 6.58 Å². The molecule has 0 aliphatic carbocycles. The zero-order chi connectivity index (χ0) is 4.12. The van der Waals surface area contributed by atoms with E-state index in [1.54, 1.807) is 12.6 Å². The zero-order valence-electron chi connectivity index (χ0n) is 2.94. The molecule has 0 aromatic rings. The summed E-state index contributed by atoms with van der Waals surface area (Å²) in [5, 5.41) is 0. The Labute approximate surface area is 31.6 Å². The van der Waals surface area contributed by atoms with E-state index in [4.69, 9.17) is 5.84 Å². The van der Waals surface area contributed by atoms with E-state index in [0.29, 0.717) is 0 Å². The smallest absolute Gasteiger partial charge is 0.0590 e. The minimum absolute atomic E-state index is 1.54. The summed E-state index contributed by atoms with van der Waals surface area (Å²) in [5.41, 5.74) is 2.27. The van der Waals surface area contributed by atoms with Crippen LogP contribution in [0, 0.1) is 6.54 Å². The van der Waals surface area contributed by atoms with Crippen molar-refractivity contribution in [3.63, 3.8) is 0 Å². The van der Waals surface area contributed by atoms with Crippen molar-refractivity contribution in [3.05, 3.63) is 19.2 Å². The van der Waals surface area contributed by atoms with Gasteiger partial charge < -0.3 is 0 Å². The third-order valence-corrected chi connectivity index (χ3v) is 0.214. The molecule has 3 N–H and O–H groups in total. The monoisotopic (exact) mass is 72.1 g/mol. The predicted octanol–water partition coefficient (Wildman–Crippen LogP) is -0.203. The van der Waals surface area contributed by atoms with Crippen LogP contribution in [0.1, 0.15) is 0 Å². The highest BCUT2D eigenvalue weighted by Gasteiger charge is 1.58. The fourth-order valence-corrected chi connectivity index (χ4v) is 0.0680. The summed E-state index contributed by atoms with van der Waals surface area (Å²) in [7, 11) is 0. The summed E-state index contributed by atoms with van der Waals surface area (Å²) in [4.78, 5) is 0. The second-order valence-electron chi connectivity index (χ2n) is 0.569. The van der Waals surface area contributed by atoms with Gasteiger partial charge >= 0.3 is 0 Å². The molecule has 2 nitrogen and oxygen atoms in total. The Morgan fingerprint density at radius 2 is 2.40 bits per heavy atom. The standard InChI is InChI=1S/C3H7N2/c1-2-3-5-4/h2-3,5H,1,4H2/i3+1. The highest BCUT2D eigenvalue weighted by molar-refractivity contribution is 4.80. The summed E-state index contributed by atoms with van der Waals surface area (Å²) < 4.78 is 0. The van der Waals surface area contributed by atoms with Crippen LogP contribution in [0.2, 0.25) is 0 Å². The van der Waals surface area contributed by atoms with Crippen LogP contribution in [0.15, 0.2) is 12.7 Å². The molecule has 0 heterocycles. The van der Waals surface area contributed by atoms with Crippen molar-refractivity contribution in [2.24, 2.45) is 5.84 Å². The number of hydrogen-bond donors (Lipinski definition) is 2. The van der Waals surface area contributed by atoms with Crippen LogP contribution in [0.3, 0.4) is 0 Å². The summed E-state index contributed by atoms with van der Waals surface area (Å²) in [6.07, 6.45) is 1.57. The fourth-order valence-electron chi connectivity index (χ4n) is 0.0680. The maximum Gasteiger partial charge on any atom is 0.0590 e. The number of nitrogens with one attached hydrogen (secondary N) is 1. The molecule has 0 amide bonds. The quantitative estimate of drug-likeness (QED) is 0.269. The van der Waals surface area contributed by atoms with Gasteiger partial charge in [0, 0.05) is 0 Å². The van der Waals surface area contributed by atoms with E-state index in [9.17, 15) is 0 Å².